The van der Waals surface area contributed by atoms with Crippen LogP contribution >= 0.6 is 0 Å². The lowest BCUT2D eigenvalue weighted by Crippen LogP contribution is -2.24. The molecule has 154 valence electrons. The Morgan fingerprint density at radius 3 is 2.41 bits per heavy atom. The van der Waals surface area contributed by atoms with Gasteiger partial charge in [0, 0.05) is 18.3 Å². The zero-order valence-corrected chi connectivity index (χ0v) is 17.8. The van der Waals surface area contributed by atoms with Crippen molar-refractivity contribution in [1.82, 2.24) is 14.5 Å². The molecule has 0 unspecified atom stereocenters. The fraction of sp³-hybridized carbons (Fsp3) is 0.286. The van der Waals surface area contributed by atoms with Crippen LogP contribution in [0.5, 0.6) is 11.5 Å². The highest BCUT2D eigenvalue weighted by Gasteiger charge is 2.20. The Morgan fingerprint density at radius 1 is 1.00 bits per heavy atom. The molecule has 0 fully saturated rings. The highest BCUT2D eigenvalue weighted by atomic mass is 32.2. The van der Waals surface area contributed by atoms with Gasteiger partial charge in [0.05, 0.1) is 26.5 Å². The first-order valence-electron chi connectivity index (χ1n) is 9.13. The van der Waals surface area contributed by atoms with Crippen LogP contribution in [0.1, 0.15) is 22.5 Å². The number of rotatable bonds is 8. The van der Waals surface area contributed by atoms with E-state index in [0.29, 0.717) is 12.3 Å². The fourth-order valence-corrected chi connectivity index (χ4v) is 4.30. The maximum Gasteiger partial charge on any atom is 0.244 e. The van der Waals surface area contributed by atoms with Gasteiger partial charge >= 0.3 is 0 Å². The number of hydrogen-bond donors (Lipinski definition) is 1. The molecule has 1 aromatic heterocycles. The molecule has 0 amide bonds. The van der Waals surface area contributed by atoms with E-state index in [9.17, 15) is 8.42 Å². The normalized spacial score (nSPS) is 11.4. The lowest BCUT2D eigenvalue weighted by atomic mass is 10.1. The third kappa shape index (κ3) is 4.96. The van der Waals surface area contributed by atoms with E-state index >= 15 is 0 Å². The van der Waals surface area contributed by atoms with E-state index in [1.807, 2.05) is 48.9 Å². The Morgan fingerprint density at radius 2 is 1.76 bits per heavy atom. The molecule has 0 aliphatic carbocycles. The van der Waals surface area contributed by atoms with Crippen LogP contribution in [0.25, 0.3) is 0 Å². The van der Waals surface area contributed by atoms with E-state index in [0.717, 1.165) is 22.5 Å². The highest BCUT2D eigenvalue weighted by Crippen LogP contribution is 2.28. The van der Waals surface area contributed by atoms with Crippen LogP contribution in [0.3, 0.4) is 0 Å². The summed E-state index contributed by atoms with van der Waals surface area (Å²) in [6, 6.07) is 14.5. The average molecular weight is 416 g/mol. The summed E-state index contributed by atoms with van der Waals surface area (Å²) < 4.78 is 40.5. The number of benzene rings is 2. The third-order valence-corrected chi connectivity index (χ3v) is 5.98. The van der Waals surface area contributed by atoms with E-state index in [4.69, 9.17) is 9.47 Å². The van der Waals surface area contributed by atoms with Crippen molar-refractivity contribution in [1.29, 1.82) is 0 Å². The largest absolute Gasteiger partial charge is 0.497 e. The van der Waals surface area contributed by atoms with Crippen LogP contribution in [-0.4, -0.2) is 32.4 Å². The van der Waals surface area contributed by atoms with Gasteiger partial charge in [-0.3, -0.25) is 4.68 Å². The van der Waals surface area contributed by atoms with Gasteiger partial charge in [-0.25, -0.2) is 13.1 Å². The monoisotopic (exact) mass is 415 g/mol. The highest BCUT2D eigenvalue weighted by molar-refractivity contribution is 7.89. The van der Waals surface area contributed by atoms with Crippen LogP contribution in [0.4, 0.5) is 0 Å². The van der Waals surface area contributed by atoms with Crippen LogP contribution in [-0.2, 0) is 23.1 Å². The van der Waals surface area contributed by atoms with Gasteiger partial charge in [-0.15, -0.1) is 0 Å². The van der Waals surface area contributed by atoms with Crippen LogP contribution in [0.2, 0.25) is 0 Å². The molecule has 0 saturated carbocycles. The summed E-state index contributed by atoms with van der Waals surface area (Å²) in [7, 11) is -0.862. The Kier molecular flexibility index (Phi) is 6.24. The molecule has 1 N–H and O–H groups in total. The van der Waals surface area contributed by atoms with Gasteiger partial charge in [0.25, 0.3) is 0 Å². The van der Waals surface area contributed by atoms with Crippen molar-refractivity contribution in [2.24, 2.45) is 0 Å². The Labute approximate surface area is 171 Å². The molecule has 0 radical (unpaired) electrons. The molecule has 3 rings (SSSR count). The Hall–Kier alpha value is -2.84. The zero-order chi connectivity index (χ0) is 21.0. The maximum absolute atomic E-state index is 12.8. The van der Waals surface area contributed by atoms with E-state index in [2.05, 4.69) is 9.82 Å². The lowest BCUT2D eigenvalue weighted by Gasteiger charge is -2.13. The molecule has 0 saturated heterocycles. The van der Waals surface area contributed by atoms with E-state index in [1.165, 1.54) is 20.3 Å². The van der Waals surface area contributed by atoms with Gasteiger partial charge in [0.1, 0.15) is 16.4 Å². The predicted molar refractivity (Wildman–Crippen MR) is 111 cm³/mol. The molecule has 0 atom stereocenters. The zero-order valence-electron chi connectivity index (χ0n) is 17.0. The van der Waals surface area contributed by atoms with E-state index in [-0.39, 0.29) is 17.2 Å². The standard InChI is InChI=1S/C21H25N3O4S/c1-15-10-16(2)24(23-15)14-18-7-5-6-17(11-18)13-22-29(25,26)21-12-19(27-3)8-9-20(21)28-4/h5-12,22H,13-14H2,1-4H3. The minimum absolute atomic E-state index is 0.0399. The molecule has 0 aliphatic rings. The first-order chi connectivity index (χ1) is 13.8. The van der Waals surface area contributed by atoms with Crippen molar-refractivity contribution in [3.05, 3.63) is 71.0 Å². The third-order valence-electron chi connectivity index (χ3n) is 4.55. The molecule has 7 nitrogen and oxygen atoms in total. The van der Waals surface area contributed by atoms with Gasteiger partial charge in [0.2, 0.25) is 10.0 Å². The summed E-state index contributed by atoms with van der Waals surface area (Å²) in [5.74, 6) is 0.703. The second-order valence-electron chi connectivity index (χ2n) is 6.75. The summed E-state index contributed by atoms with van der Waals surface area (Å²) in [4.78, 5) is 0.0399. The number of aryl methyl sites for hydroxylation is 2. The van der Waals surface area contributed by atoms with E-state index in [1.54, 1.807) is 12.1 Å². The number of ether oxygens (including phenoxy) is 2. The topological polar surface area (TPSA) is 82.5 Å². The van der Waals surface area contributed by atoms with Gasteiger partial charge in [-0.2, -0.15) is 5.10 Å². The SMILES string of the molecule is COc1ccc(OC)c(S(=O)(=O)NCc2cccc(Cn3nc(C)cc3C)c2)c1. The fourth-order valence-electron chi connectivity index (χ4n) is 3.10. The summed E-state index contributed by atoms with van der Waals surface area (Å²) >= 11 is 0. The summed E-state index contributed by atoms with van der Waals surface area (Å²) in [6.07, 6.45) is 0. The molecular weight excluding hydrogens is 390 g/mol. The maximum atomic E-state index is 12.8. The number of sulfonamides is 1. The van der Waals surface area contributed by atoms with Gasteiger partial charge in [-0.05, 0) is 43.2 Å². The number of methoxy groups -OCH3 is 2. The molecule has 0 bridgehead atoms. The molecule has 2 aromatic carbocycles. The predicted octanol–water partition coefficient (Wildman–Crippen LogP) is 3.04. The minimum atomic E-state index is -3.78. The number of hydrogen-bond acceptors (Lipinski definition) is 5. The number of nitrogens with one attached hydrogen (secondary N) is 1. The quantitative estimate of drug-likeness (QED) is 0.611. The first-order valence-corrected chi connectivity index (χ1v) is 10.6. The van der Waals surface area contributed by atoms with Gasteiger partial charge < -0.3 is 9.47 Å². The summed E-state index contributed by atoms with van der Waals surface area (Å²) in [6.45, 7) is 4.76. The minimum Gasteiger partial charge on any atom is -0.497 e. The number of aromatic nitrogens is 2. The van der Waals surface area contributed by atoms with Crippen molar-refractivity contribution in [2.45, 2.75) is 31.8 Å². The van der Waals surface area contributed by atoms with Crippen LogP contribution in [0.15, 0.2) is 53.4 Å². The van der Waals surface area contributed by atoms with Crippen LogP contribution in [0, 0.1) is 13.8 Å². The molecule has 1 heterocycles. The molecule has 29 heavy (non-hydrogen) atoms. The van der Waals surface area contributed by atoms with Crippen molar-refractivity contribution < 1.29 is 17.9 Å². The Balaban J connectivity index is 1.77. The van der Waals surface area contributed by atoms with Crippen LogP contribution < -0.4 is 14.2 Å². The number of nitrogens with zero attached hydrogens (tertiary/aromatic N) is 2. The smallest absolute Gasteiger partial charge is 0.244 e. The lowest BCUT2D eigenvalue weighted by molar-refractivity contribution is 0.392. The second kappa shape index (κ2) is 8.67. The molecule has 8 heteroatoms. The van der Waals surface area contributed by atoms with Crippen molar-refractivity contribution in [3.8, 4) is 11.5 Å². The summed E-state index contributed by atoms with van der Waals surface area (Å²) in [5.41, 5.74) is 3.96. The molecule has 0 aliphatic heterocycles. The molecule has 0 spiro atoms. The van der Waals surface area contributed by atoms with Crippen molar-refractivity contribution in [2.75, 3.05) is 14.2 Å². The first kappa shape index (κ1) is 20.9. The van der Waals surface area contributed by atoms with Crippen molar-refractivity contribution in [3.63, 3.8) is 0 Å². The second-order valence-corrected chi connectivity index (χ2v) is 8.48. The Bertz CT molecular complexity index is 1110. The van der Waals surface area contributed by atoms with Gasteiger partial charge in [-0.1, -0.05) is 24.3 Å². The van der Waals surface area contributed by atoms with Crippen molar-refractivity contribution >= 4 is 10.0 Å². The molecular formula is C21H25N3O4S. The molecule has 3 aromatic rings. The van der Waals surface area contributed by atoms with Gasteiger partial charge in [0.15, 0.2) is 0 Å². The van der Waals surface area contributed by atoms with E-state index < -0.39 is 10.0 Å². The summed E-state index contributed by atoms with van der Waals surface area (Å²) in [5, 5.41) is 4.47. The average Bonchev–Trinajstić information content (AvgIpc) is 3.03.